The van der Waals surface area contributed by atoms with Crippen LogP contribution in [-0.2, 0) is 9.59 Å². The molecule has 4 aromatic rings. The molecule has 0 bridgehead atoms. The van der Waals surface area contributed by atoms with Gasteiger partial charge in [-0.05, 0) is 114 Å². The Balaban J connectivity index is 0.000000221. The van der Waals surface area contributed by atoms with E-state index in [1.807, 2.05) is 27.7 Å². The summed E-state index contributed by atoms with van der Waals surface area (Å²) in [4.78, 5) is 60.9. The van der Waals surface area contributed by atoms with E-state index >= 15 is 0 Å². The maximum absolute atomic E-state index is 13.7. The summed E-state index contributed by atoms with van der Waals surface area (Å²) in [5.74, 6) is -1.67. The van der Waals surface area contributed by atoms with Crippen molar-refractivity contribution < 1.29 is 28.0 Å². The molecule has 2 aromatic heterocycles. The van der Waals surface area contributed by atoms with Gasteiger partial charge in [0.2, 0.25) is 0 Å². The predicted molar refractivity (Wildman–Crippen MR) is 227 cm³/mol. The molecular weight excluding hydrogens is 743 g/mol. The van der Waals surface area contributed by atoms with Crippen LogP contribution in [0.3, 0.4) is 0 Å². The first-order chi connectivity index (χ1) is 27.7. The van der Waals surface area contributed by atoms with Crippen molar-refractivity contribution in [3.8, 4) is 0 Å². The number of hydrogen-bond acceptors (Lipinski definition) is 6. The van der Waals surface area contributed by atoms with Gasteiger partial charge in [-0.15, -0.1) is 0 Å². The number of fused-ring (bicyclic) bond motifs is 2. The first kappa shape index (κ1) is 43.3. The first-order valence-electron chi connectivity index (χ1n) is 19.8. The van der Waals surface area contributed by atoms with Crippen molar-refractivity contribution in [2.45, 2.75) is 55.4 Å². The second-order valence-corrected chi connectivity index (χ2v) is 14.3. The molecule has 6 N–H and O–H groups in total. The van der Waals surface area contributed by atoms with Gasteiger partial charge in [0.1, 0.15) is 11.6 Å². The second kappa shape index (κ2) is 19.1. The molecule has 2 aliphatic heterocycles. The van der Waals surface area contributed by atoms with E-state index in [2.05, 4.69) is 68.7 Å². The van der Waals surface area contributed by atoms with E-state index in [9.17, 15) is 28.0 Å². The molecule has 58 heavy (non-hydrogen) atoms. The van der Waals surface area contributed by atoms with E-state index in [-0.39, 0.29) is 23.6 Å². The molecule has 0 unspecified atom stereocenters. The number of aromatic amines is 2. The summed E-state index contributed by atoms with van der Waals surface area (Å²) in [6.07, 6.45) is 3.35. The zero-order chi connectivity index (χ0) is 42.3. The Morgan fingerprint density at radius 1 is 0.621 bits per heavy atom. The van der Waals surface area contributed by atoms with Gasteiger partial charge in [0.25, 0.3) is 23.6 Å². The number of nitrogens with one attached hydrogen (secondary N) is 6. The minimum absolute atomic E-state index is 0.143. The van der Waals surface area contributed by atoms with Crippen molar-refractivity contribution in [2.75, 3.05) is 63.0 Å². The standard InChI is InChI=1S/2C22H27FN4O2/c2*1-5-27(6-2)10-9-24-22(29)20-13(3)19(25-14(20)4)12-17-16-11-15(23)7-8-18(16)26-21(17)28/h2*7-8,11-12,25H,5-6,9-10H2,1-4H3,(H,24,29)(H,26,28). The Morgan fingerprint density at radius 3 is 1.33 bits per heavy atom. The largest absolute Gasteiger partial charge is 0.358 e. The van der Waals surface area contributed by atoms with E-state index in [0.717, 1.165) is 61.8 Å². The molecule has 2 aromatic carbocycles. The SMILES string of the molecule is CCN(CC)CCNC(=O)c1c(C)[nH]c(C=C2C(=O)Nc3ccc(F)cc32)c1C.CCN(CC)CCNC(=O)c1c(C)[nH]c(C=C2C(=O)Nc3ccc(F)cc32)c1C. The van der Waals surface area contributed by atoms with Gasteiger partial charge in [-0.2, -0.15) is 0 Å². The van der Waals surface area contributed by atoms with Crippen molar-refractivity contribution in [1.29, 1.82) is 0 Å². The number of carbonyl (C=O) groups is 4. The van der Waals surface area contributed by atoms with E-state index in [0.29, 0.717) is 69.3 Å². The highest BCUT2D eigenvalue weighted by Gasteiger charge is 2.28. The number of aryl methyl sites for hydroxylation is 2. The third kappa shape index (κ3) is 9.63. The van der Waals surface area contributed by atoms with Gasteiger partial charge in [0.15, 0.2) is 0 Å². The highest BCUT2D eigenvalue weighted by molar-refractivity contribution is 6.35. The number of benzene rings is 2. The zero-order valence-corrected chi connectivity index (χ0v) is 34.6. The lowest BCUT2D eigenvalue weighted by Crippen LogP contribution is -2.35. The molecule has 0 atom stereocenters. The van der Waals surface area contributed by atoms with Crippen molar-refractivity contribution in [3.63, 3.8) is 0 Å². The third-order valence-electron chi connectivity index (χ3n) is 10.7. The minimum atomic E-state index is -0.404. The summed E-state index contributed by atoms with van der Waals surface area (Å²) >= 11 is 0. The fraction of sp³-hybridized carbons (Fsp3) is 0.364. The van der Waals surface area contributed by atoms with Crippen LogP contribution in [0.5, 0.6) is 0 Å². The van der Waals surface area contributed by atoms with E-state index in [4.69, 9.17) is 0 Å². The summed E-state index contributed by atoms with van der Waals surface area (Å²) in [6, 6.07) is 8.39. The number of hydrogen-bond donors (Lipinski definition) is 6. The second-order valence-electron chi connectivity index (χ2n) is 14.3. The number of aromatic nitrogens is 2. The monoisotopic (exact) mass is 796 g/mol. The topological polar surface area (TPSA) is 154 Å². The molecule has 308 valence electrons. The summed E-state index contributed by atoms with van der Waals surface area (Å²) < 4.78 is 27.3. The molecule has 14 heteroatoms. The van der Waals surface area contributed by atoms with Crippen LogP contribution in [0.4, 0.5) is 20.2 Å². The van der Waals surface area contributed by atoms with E-state index in [1.54, 1.807) is 24.3 Å². The molecule has 0 aliphatic carbocycles. The number of nitrogens with zero attached hydrogens (tertiary/aromatic N) is 2. The number of halogens is 2. The van der Waals surface area contributed by atoms with Crippen LogP contribution in [0.2, 0.25) is 0 Å². The fourth-order valence-corrected chi connectivity index (χ4v) is 7.33. The number of likely N-dealkylation sites (N-methyl/N-ethyl adjacent to an activating group) is 2. The molecule has 0 fully saturated rings. The molecule has 0 spiro atoms. The normalized spacial score (nSPS) is 14.4. The third-order valence-corrected chi connectivity index (χ3v) is 10.7. The average molecular weight is 797 g/mol. The highest BCUT2D eigenvalue weighted by Crippen LogP contribution is 2.36. The molecule has 0 radical (unpaired) electrons. The Labute approximate surface area is 338 Å². The van der Waals surface area contributed by atoms with Gasteiger partial charge in [-0.3, -0.25) is 19.2 Å². The minimum Gasteiger partial charge on any atom is -0.358 e. The van der Waals surface area contributed by atoms with Crippen LogP contribution in [0, 0.1) is 39.3 Å². The van der Waals surface area contributed by atoms with Crippen LogP contribution in [0.1, 0.15) is 93.4 Å². The van der Waals surface area contributed by atoms with Gasteiger partial charge in [-0.25, -0.2) is 8.78 Å². The number of anilines is 2. The molecule has 6 rings (SSSR count). The van der Waals surface area contributed by atoms with Gasteiger partial charge < -0.3 is 41.0 Å². The lowest BCUT2D eigenvalue weighted by atomic mass is 10.0. The Morgan fingerprint density at radius 2 is 0.983 bits per heavy atom. The quantitative estimate of drug-likeness (QED) is 0.0785. The maximum Gasteiger partial charge on any atom is 0.256 e. The van der Waals surface area contributed by atoms with Gasteiger partial charge >= 0.3 is 0 Å². The maximum atomic E-state index is 13.7. The van der Waals surface area contributed by atoms with E-state index in [1.165, 1.54) is 24.3 Å². The highest BCUT2D eigenvalue weighted by atomic mass is 19.1. The first-order valence-corrected chi connectivity index (χ1v) is 19.8. The van der Waals surface area contributed by atoms with Crippen LogP contribution in [0.25, 0.3) is 23.3 Å². The molecule has 12 nitrogen and oxygen atoms in total. The van der Waals surface area contributed by atoms with Crippen LogP contribution in [0.15, 0.2) is 36.4 Å². The molecule has 4 amide bonds. The van der Waals surface area contributed by atoms with Crippen molar-refractivity contribution >= 4 is 58.3 Å². The predicted octanol–water partition coefficient (Wildman–Crippen LogP) is 6.67. The number of amides is 4. The lowest BCUT2D eigenvalue weighted by Gasteiger charge is -2.18. The Bertz CT molecular complexity index is 2100. The van der Waals surface area contributed by atoms with Crippen molar-refractivity contribution in [3.05, 3.63) is 104 Å². The average Bonchev–Trinajstić information content (AvgIpc) is 3.87. The van der Waals surface area contributed by atoms with Crippen LogP contribution in [-0.4, -0.2) is 95.8 Å². The summed E-state index contributed by atoms with van der Waals surface area (Å²) in [5, 5.41) is 11.4. The van der Waals surface area contributed by atoms with Gasteiger partial charge in [-0.1, -0.05) is 27.7 Å². The lowest BCUT2D eigenvalue weighted by molar-refractivity contribution is -0.111. The van der Waals surface area contributed by atoms with Crippen molar-refractivity contribution in [1.82, 2.24) is 30.4 Å². The van der Waals surface area contributed by atoms with E-state index < -0.39 is 11.6 Å². The number of H-pyrrole nitrogens is 2. The summed E-state index contributed by atoms with van der Waals surface area (Å²) in [5.41, 5.74) is 8.41. The van der Waals surface area contributed by atoms with Crippen LogP contribution < -0.4 is 21.3 Å². The molecule has 0 saturated carbocycles. The smallest absolute Gasteiger partial charge is 0.256 e. The number of carbonyl (C=O) groups excluding carboxylic acids is 4. The molecule has 4 heterocycles. The molecular formula is C44H54F2N8O4. The van der Waals surface area contributed by atoms with Crippen LogP contribution >= 0.6 is 0 Å². The Kier molecular flexibility index (Phi) is 14.2. The molecule has 0 saturated heterocycles. The van der Waals surface area contributed by atoms with Crippen molar-refractivity contribution in [2.24, 2.45) is 0 Å². The molecule has 2 aliphatic rings. The summed E-state index contributed by atoms with van der Waals surface area (Å²) in [6.45, 7) is 22.2. The van der Waals surface area contributed by atoms with Gasteiger partial charge in [0, 0.05) is 71.5 Å². The summed E-state index contributed by atoms with van der Waals surface area (Å²) in [7, 11) is 0. The van der Waals surface area contributed by atoms with Gasteiger partial charge in [0.05, 0.1) is 22.3 Å². The number of rotatable bonds is 14. The Hall–Kier alpha value is -5.86. The fourth-order valence-electron chi connectivity index (χ4n) is 7.33. The zero-order valence-electron chi connectivity index (χ0n) is 34.6.